The van der Waals surface area contributed by atoms with Gasteiger partial charge in [-0.15, -0.1) is 5.10 Å². The molecule has 4 rings (SSSR count). The summed E-state index contributed by atoms with van der Waals surface area (Å²) in [5, 5.41) is 11.9. The standard InChI is InChI=1S/C18H16ClN7O/c1-11-7-12(2)26-16(22-11)15(8-21-26)17(27)23-18-20-10-25(24-18)9-13-3-5-14(19)6-4-13/h3-8,10H,9H2,1-2H3,(H,23,24,27). The van der Waals surface area contributed by atoms with Crippen molar-refractivity contribution in [1.29, 1.82) is 0 Å². The minimum Gasteiger partial charge on any atom is -0.289 e. The highest BCUT2D eigenvalue weighted by atomic mass is 35.5. The first-order valence-corrected chi connectivity index (χ1v) is 8.64. The molecule has 1 amide bonds. The van der Waals surface area contributed by atoms with Gasteiger partial charge < -0.3 is 0 Å². The summed E-state index contributed by atoms with van der Waals surface area (Å²) in [6.07, 6.45) is 3.06. The largest absolute Gasteiger partial charge is 0.289 e. The molecule has 8 nitrogen and oxygen atoms in total. The van der Waals surface area contributed by atoms with Crippen molar-refractivity contribution in [2.24, 2.45) is 0 Å². The molecule has 0 spiro atoms. The van der Waals surface area contributed by atoms with E-state index < -0.39 is 0 Å². The predicted octanol–water partition coefficient (Wildman–Crippen LogP) is 2.89. The number of fused-ring (bicyclic) bond motifs is 1. The summed E-state index contributed by atoms with van der Waals surface area (Å²) in [5.41, 5.74) is 3.63. The van der Waals surface area contributed by atoms with Crippen LogP contribution in [0.4, 0.5) is 5.95 Å². The van der Waals surface area contributed by atoms with Gasteiger partial charge in [0.15, 0.2) is 5.65 Å². The molecule has 0 fully saturated rings. The van der Waals surface area contributed by atoms with E-state index in [9.17, 15) is 4.79 Å². The lowest BCUT2D eigenvalue weighted by Gasteiger charge is -2.03. The molecule has 3 heterocycles. The van der Waals surface area contributed by atoms with Gasteiger partial charge >= 0.3 is 0 Å². The molecule has 0 aliphatic carbocycles. The van der Waals surface area contributed by atoms with E-state index in [0.29, 0.717) is 22.8 Å². The van der Waals surface area contributed by atoms with Crippen LogP contribution in [0.5, 0.6) is 0 Å². The Morgan fingerprint density at radius 3 is 2.78 bits per heavy atom. The van der Waals surface area contributed by atoms with E-state index in [4.69, 9.17) is 11.6 Å². The molecular weight excluding hydrogens is 366 g/mol. The van der Waals surface area contributed by atoms with Gasteiger partial charge in [-0.3, -0.25) is 10.1 Å². The number of nitrogens with zero attached hydrogens (tertiary/aromatic N) is 6. The molecule has 136 valence electrons. The van der Waals surface area contributed by atoms with Gasteiger partial charge in [-0.05, 0) is 37.6 Å². The van der Waals surface area contributed by atoms with Gasteiger partial charge in [0.05, 0.1) is 12.7 Å². The Kier molecular flexibility index (Phi) is 4.33. The van der Waals surface area contributed by atoms with Crippen LogP contribution in [-0.4, -0.2) is 35.3 Å². The van der Waals surface area contributed by atoms with Crippen LogP contribution in [0.25, 0.3) is 5.65 Å². The second kappa shape index (κ2) is 6.81. The number of carbonyl (C=O) groups excluding carboxylic acids is 1. The van der Waals surface area contributed by atoms with Crippen molar-refractivity contribution in [3.8, 4) is 0 Å². The smallest absolute Gasteiger partial charge is 0.263 e. The first-order valence-electron chi connectivity index (χ1n) is 8.27. The van der Waals surface area contributed by atoms with Crippen molar-refractivity contribution in [2.45, 2.75) is 20.4 Å². The fraction of sp³-hybridized carbons (Fsp3) is 0.167. The number of halogens is 1. The highest BCUT2D eigenvalue weighted by molar-refractivity contribution is 6.30. The number of rotatable bonds is 4. The number of hydrogen-bond donors (Lipinski definition) is 1. The second-order valence-electron chi connectivity index (χ2n) is 6.18. The van der Waals surface area contributed by atoms with Gasteiger partial charge in [0, 0.05) is 16.4 Å². The van der Waals surface area contributed by atoms with E-state index in [1.165, 1.54) is 6.20 Å². The fourth-order valence-electron chi connectivity index (χ4n) is 2.80. The minimum atomic E-state index is -0.355. The van der Waals surface area contributed by atoms with E-state index in [-0.39, 0.29) is 11.9 Å². The number of aryl methyl sites for hydroxylation is 2. The maximum Gasteiger partial charge on any atom is 0.263 e. The van der Waals surface area contributed by atoms with E-state index in [2.05, 4.69) is 25.5 Å². The van der Waals surface area contributed by atoms with Crippen LogP contribution < -0.4 is 5.32 Å². The Morgan fingerprint density at radius 1 is 1.22 bits per heavy atom. The van der Waals surface area contributed by atoms with Crippen LogP contribution in [0.2, 0.25) is 5.02 Å². The first-order chi connectivity index (χ1) is 13.0. The molecule has 1 N–H and O–H groups in total. The third-order valence-electron chi connectivity index (χ3n) is 4.04. The molecule has 4 aromatic rings. The van der Waals surface area contributed by atoms with E-state index >= 15 is 0 Å². The molecule has 1 aromatic carbocycles. The van der Waals surface area contributed by atoms with Crippen molar-refractivity contribution < 1.29 is 4.79 Å². The number of aromatic nitrogens is 6. The zero-order valence-electron chi connectivity index (χ0n) is 14.7. The summed E-state index contributed by atoms with van der Waals surface area (Å²) in [4.78, 5) is 21.2. The molecule has 0 saturated heterocycles. The first kappa shape index (κ1) is 17.2. The maximum absolute atomic E-state index is 12.6. The predicted molar refractivity (Wildman–Crippen MR) is 101 cm³/mol. The van der Waals surface area contributed by atoms with Crippen LogP contribution in [0.1, 0.15) is 27.3 Å². The monoisotopic (exact) mass is 381 g/mol. The quantitative estimate of drug-likeness (QED) is 0.587. The Balaban J connectivity index is 1.52. The molecule has 0 aliphatic heterocycles. The third kappa shape index (κ3) is 3.52. The fourth-order valence-corrected chi connectivity index (χ4v) is 2.93. The summed E-state index contributed by atoms with van der Waals surface area (Å²) in [6.45, 7) is 4.31. The summed E-state index contributed by atoms with van der Waals surface area (Å²) < 4.78 is 3.27. The van der Waals surface area contributed by atoms with Gasteiger partial charge in [-0.25, -0.2) is 19.2 Å². The Morgan fingerprint density at radius 2 is 2.00 bits per heavy atom. The van der Waals surface area contributed by atoms with Crippen LogP contribution in [-0.2, 0) is 6.54 Å². The van der Waals surface area contributed by atoms with Crippen LogP contribution in [0.15, 0.2) is 42.9 Å². The number of benzene rings is 1. The zero-order chi connectivity index (χ0) is 19.0. The number of anilines is 1. The van der Waals surface area contributed by atoms with Gasteiger partial charge in [0.2, 0.25) is 5.95 Å². The Bertz CT molecular complexity index is 1130. The van der Waals surface area contributed by atoms with Crippen LogP contribution >= 0.6 is 11.6 Å². The normalized spacial score (nSPS) is 11.1. The molecule has 0 unspecified atom stereocenters. The summed E-state index contributed by atoms with van der Waals surface area (Å²) in [6, 6.07) is 9.37. The van der Waals surface area contributed by atoms with Crippen molar-refractivity contribution in [1.82, 2.24) is 29.4 Å². The molecule has 0 radical (unpaired) electrons. The van der Waals surface area contributed by atoms with Gasteiger partial charge in [0.25, 0.3) is 5.91 Å². The van der Waals surface area contributed by atoms with E-state index in [0.717, 1.165) is 17.0 Å². The Hall–Kier alpha value is -3.26. The highest BCUT2D eigenvalue weighted by Gasteiger charge is 2.17. The molecule has 0 atom stereocenters. The van der Waals surface area contributed by atoms with Crippen molar-refractivity contribution in [3.05, 3.63) is 70.4 Å². The molecule has 0 aliphatic rings. The topological polar surface area (TPSA) is 90.0 Å². The summed E-state index contributed by atoms with van der Waals surface area (Å²) >= 11 is 5.89. The van der Waals surface area contributed by atoms with Crippen LogP contribution in [0.3, 0.4) is 0 Å². The summed E-state index contributed by atoms with van der Waals surface area (Å²) in [5.74, 6) is -0.135. The van der Waals surface area contributed by atoms with Crippen molar-refractivity contribution in [2.75, 3.05) is 5.32 Å². The average molecular weight is 382 g/mol. The van der Waals surface area contributed by atoms with Crippen molar-refractivity contribution in [3.63, 3.8) is 0 Å². The highest BCUT2D eigenvalue weighted by Crippen LogP contribution is 2.14. The molecular formula is C18H16ClN7O. The molecule has 0 bridgehead atoms. The third-order valence-corrected chi connectivity index (χ3v) is 4.29. The lowest BCUT2D eigenvalue weighted by Crippen LogP contribution is -2.14. The lowest BCUT2D eigenvalue weighted by molar-refractivity contribution is 0.102. The van der Waals surface area contributed by atoms with E-state index in [1.807, 2.05) is 44.2 Å². The second-order valence-corrected chi connectivity index (χ2v) is 6.62. The molecule has 9 heteroatoms. The molecule has 0 saturated carbocycles. The van der Waals surface area contributed by atoms with Gasteiger partial charge in [0.1, 0.15) is 11.9 Å². The maximum atomic E-state index is 12.6. The van der Waals surface area contributed by atoms with Gasteiger partial charge in [-0.2, -0.15) is 5.10 Å². The van der Waals surface area contributed by atoms with Crippen LogP contribution in [0, 0.1) is 13.8 Å². The Labute approximate surface area is 159 Å². The number of nitrogens with one attached hydrogen (secondary N) is 1. The van der Waals surface area contributed by atoms with Gasteiger partial charge in [-0.1, -0.05) is 23.7 Å². The van der Waals surface area contributed by atoms with Crippen molar-refractivity contribution >= 4 is 29.1 Å². The van der Waals surface area contributed by atoms with E-state index in [1.54, 1.807) is 15.5 Å². The summed E-state index contributed by atoms with van der Waals surface area (Å²) in [7, 11) is 0. The molecule has 27 heavy (non-hydrogen) atoms. The molecule has 3 aromatic heterocycles. The number of amides is 1. The SMILES string of the molecule is Cc1cc(C)n2ncc(C(=O)Nc3ncn(Cc4ccc(Cl)cc4)n3)c2n1. The number of hydrogen-bond acceptors (Lipinski definition) is 5. The lowest BCUT2D eigenvalue weighted by atomic mass is 10.2. The number of carbonyl (C=O) groups is 1. The average Bonchev–Trinajstić information content (AvgIpc) is 3.24. The minimum absolute atomic E-state index is 0.220. The zero-order valence-corrected chi connectivity index (χ0v) is 15.5.